The lowest BCUT2D eigenvalue weighted by Crippen LogP contribution is -2.07. The Hall–Kier alpha value is -1.81. The van der Waals surface area contributed by atoms with Gasteiger partial charge in [0.15, 0.2) is 0 Å². The highest BCUT2D eigenvalue weighted by molar-refractivity contribution is 5.90. The SMILES string of the molecule is CCn1c(C)c(CC(=O)O)c2cc3c(cc21)CN(C)C3. The Morgan fingerprint density at radius 3 is 2.55 bits per heavy atom. The fraction of sp³-hybridized carbons (Fsp3) is 0.438. The normalized spacial score (nSPS) is 14.9. The number of rotatable bonds is 3. The van der Waals surface area contributed by atoms with E-state index < -0.39 is 5.97 Å². The number of benzene rings is 1. The van der Waals surface area contributed by atoms with Crippen LogP contribution in [0.15, 0.2) is 12.1 Å². The van der Waals surface area contributed by atoms with Crippen molar-refractivity contribution >= 4 is 16.9 Å². The Morgan fingerprint density at radius 2 is 1.95 bits per heavy atom. The zero-order valence-electron chi connectivity index (χ0n) is 12.2. The number of nitrogens with zero attached hydrogens (tertiary/aromatic N) is 2. The molecule has 0 spiro atoms. The standard InChI is InChI=1S/C16H20N2O2/c1-4-18-10(2)13(7-16(19)20)14-5-11-8-17(3)9-12(11)6-15(14)18/h5-6H,4,7-9H2,1-3H3,(H,19,20). The number of aromatic nitrogens is 1. The maximum absolute atomic E-state index is 11.1. The second-order valence-corrected chi connectivity index (χ2v) is 5.69. The number of aliphatic carboxylic acids is 1. The Labute approximate surface area is 118 Å². The monoisotopic (exact) mass is 272 g/mol. The minimum Gasteiger partial charge on any atom is -0.481 e. The molecule has 1 aliphatic heterocycles. The largest absolute Gasteiger partial charge is 0.481 e. The van der Waals surface area contributed by atoms with Gasteiger partial charge in [-0.25, -0.2) is 0 Å². The van der Waals surface area contributed by atoms with Crippen LogP contribution in [0.25, 0.3) is 10.9 Å². The van der Waals surface area contributed by atoms with Crippen molar-refractivity contribution in [3.63, 3.8) is 0 Å². The third kappa shape index (κ3) is 1.91. The molecular formula is C16H20N2O2. The first kappa shape index (κ1) is 13.2. The van der Waals surface area contributed by atoms with Crippen LogP contribution in [0, 0.1) is 6.92 Å². The average Bonchev–Trinajstić information content (AvgIpc) is 2.84. The molecule has 0 atom stereocenters. The number of carbonyl (C=O) groups is 1. The summed E-state index contributed by atoms with van der Waals surface area (Å²) in [5, 5.41) is 10.3. The van der Waals surface area contributed by atoms with E-state index >= 15 is 0 Å². The maximum Gasteiger partial charge on any atom is 0.307 e. The summed E-state index contributed by atoms with van der Waals surface area (Å²) < 4.78 is 2.23. The molecule has 1 aromatic carbocycles. The van der Waals surface area contributed by atoms with Crippen molar-refractivity contribution in [1.29, 1.82) is 0 Å². The summed E-state index contributed by atoms with van der Waals surface area (Å²) in [6, 6.07) is 4.45. The van der Waals surface area contributed by atoms with Gasteiger partial charge in [-0.15, -0.1) is 0 Å². The number of carboxylic acids is 1. The maximum atomic E-state index is 11.1. The average molecular weight is 272 g/mol. The molecule has 1 aromatic heterocycles. The van der Waals surface area contributed by atoms with E-state index in [1.54, 1.807) is 0 Å². The second kappa shape index (κ2) is 4.63. The van der Waals surface area contributed by atoms with Crippen LogP contribution in [0.5, 0.6) is 0 Å². The van der Waals surface area contributed by atoms with Crippen LogP contribution in [-0.2, 0) is 30.8 Å². The van der Waals surface area contributed by atoms with Crippen molar-refractivity contribution in [2.24, 2.45) is 0 Å². The molecule has 1 aliphatic rings. The summed E-state index contributed by atoms with van der Waals surface area (Å²) in [6.07, 6.45) is 0.101. The minimum absolute atomic E-state index is 0.101. The van der Waals surface area contributed by atoms with Crippen molar-refractivity contribution in [2.75, 3.05) is 7.05 Å². The summed E-state index contributed by atoms with van der Waals surface area (Å²) in [4.78, 5) is 13.4. The quantitative estimate of drug-likeness (QED) is 0.934. The van der Waals surface area contributed by atoms with Crippen LogP contribution in [-0.4, -0.2) is 27.6 Å². The van der Waals surface area contributed by atoms with E-state index in [9.17, 15) is 4.79 Å². The smallest absolute Gasteiger partial charge is 0.307 e. The molecule has 2 heterocycles. The van der Waals surface area contributed by atoms with Crippen molar-refractivity contribution in [1.82, 2.24) is 9.47 Å². The van der Waals surface area contributed by atoms with Crippen LogP contribution < -0.4 is 0 Å². The first-order valence-electron chi connectivity index (χ1n) is 7.05. The molecule has 0 saturated carbocycles. The predicted molar refractivity (Wildman–Crippen MR) is 78.9 cm³/mol. The number of fused-ring (bicyclic) bond motifs is 2. The van der Waals surface area contributed by atoms with Crippen molar-refractivity contribution in [3.8, 4) is 0 Å². The Morgan fingerprint density at radius 1 is 1.30 bits per heavy atom. The second-order valence-electron chi connectivity index (χ2n) is 5.69. The zero-order chi connectivity index (χ0) is 14.4. The molecule has 20 heavy (non-hydrogen) atoms. The zero-order valence-corrected chi connectivity index (χ0v) is 12.2. The van der Waals surface area contributed by atoms with E-state index in [1.165, 1.54) is 16.6 Å². The van der Waals surface area contributed by atoms with E-state index in [1.807, 2.05) is 6.92 Å². The molecule has 4 heteroatoms. The molecular weight excluding hydrogens is 252 g/mol. The lowest BCUT2D eigenvalue weighted by Gasteiger charge is -2.05. The van der Waals surface area contributed by atoms with Gasteiger partial charge >= 0.3 is 5.97 Å². The number of hydrogen-bond donors (Lipinski definition) is 1. The van der Waals surface area contributed by atoms with Gasteiger partial charge < -0.3 is 9.67 Å². The van der Waals surface area contributed by atoms with E-state index in [-0.39, 0.29) is 6.42 Å². The minimum atomic E-state index is -0.763. The molecule has 3 rings (SSSR count). The van der Waals surface area contributed by atoms with Gasteiger partial charge in [-0.3, -0.25) is 9.69 Å². The molecule has 0 bridgehead atoms. The molecule has 106 valence electrons. The molecule has 1 N–H and O–H groups in total. The number of hydrogen-bond acceptors (Lipinski definition) is 2. The van der Waals surface area contributed by atoms with Gasteiger partial charge in [0.25, 0.3) is 0 Å². The van der Waals surface area contributed by atoms with Crippen molar-refractivity contribution < 1.29 is 9.90 Å². The van der Waals surface area contributed by atoms with Crippen LogP contribution in [0.4, 0.5) is 0 Å². The van der Waals surface area contributed by atoms with Crippen molar-refractivity contribution in [3.05, 3.63) is 34.5 Å². The van der Waals surface area contributed by atoms with Gasteiger partial charge in [0.1, 0.15) is 0 Å². The highest BCUT2D eigenvalue weighted by atomic mass is 16.4. The molecule has 4 nitrogen and oxygen atoms in total. The van der Waals surface area contributed by atoms with E-state index in [0.717, 1.165) is 36.3 Å². The predicted octanol–water partition coefficient (Wildman–Crippen LogP) is 2.54. The number of carboxylic acid groups (broad SMARTS) is 1. The first-order valence-corrected chi connectivity index (χ1v) is 7.05. The molecule has 2 aromatic rings. The van der Waals surface area contributed by atoms with E-state index in [0.29, 0.717) is 0 Å². The van der Waals surface area contributed by atoms with Crippen LogP contribution in [0.1, 0.15) is 29.3 Å². The summed E-state index contributed by atoms with van der Waals surface area (Å²) in [5.74, 6) is -0.763. The topological polar surface area (TPSA) is 45.5 Å². The summed E-state index contributed by atoms with van der Waals surface area (Å²) in [6.45, 7) is 6.94. The van der Waals surface area contributed by atoms with Crippen molar-refractivity contribution in [2.45, 2.75) is 39.9 Å². The van der Waals surface area contributed by atoms with Gasteiger partial charge in [0, 0.05) is 36.2 Å². The van der Waals surface area contributed by atoms with Crippen LogP contribution in [0.2, 0.25) is 0 Å². The van der Waals surface area contributed by atoms with Crippen LogP contribution in [0.3, 0.4) is 0 Å². The third-order valence-corrected chi connectivity index (χ3v) is 4.30. The summed E-state index contributed by atoms with van der Waals surface area (Å²) in [7, 11) is 2.11. The molecule has 0 fully saturated rings. The van der Waals surface area contributed by atoms with Gasteiger partial charge in [0.05, 0.1) is 6.42 Å². The summed E-state index contributed by atoms with van der Waals surface area (Å²) in [5.41, 5.74) is 5.93. The Kier molecular flexibility index (Phi) is 3.05. The van der Waals surface area contributed by atoms with Crippen LogP contribution >= 0.6 is 0 Å². The first-order chi connectivity index (χ1) is 9.51. The van der Waals surface area contributed by atoms with Gasteiger partial charge in [-0.05, 0) is 49.7 Å². The lowest BCUT2D eigenvalue weighted by molar-refractivity contribution is -0.136. The molecule has 0 radical (unpaired) electrons. The fourth-order valence-corrected chi connectivity index (χ4v) is 3.39. The molecule has 0 unspecified atom stereocenters. The highest BCUT2D eigenvalue weighted by Gasteiger charge is 2.21. The van der Waals surface area contributed by atoms with E-state index in [2.05, 4.69) is 35.6 Å². The molecule has 0 aliphatic carbocycles. The highest BCUT2D eigenvalue weighted by Crippen LogP contribution is 2.32. The van der Waals surface area contributed by atoms with E-state index in [4.69, 9.17) is 5.11 Å². The third-order valence-electron chi connectivity index (χ3n) is 4.30. The lowest BCUT2D eigenvalue weighted by atomic mass is 10.0. The summed E-state index contributed by atoms with van der Waals surface area (Å²) >= 11 is 0. The van der Waals surface area contributed by atoms with Gasteiger partial charge in [0.2, 0.25) is 0 Å². The number of aryl methyl sites for hydroxylation is 1. The molecule has 0 saturated heterocycles. The van der Waals surface area contributed by atoms with Gasteiger partial charge in [-0.1, -0.05) is 0 Å². The fourth-order valence-electron chi connectivity index (χ4n) is 3.39. The Bertz CT molecular complexity index is 700. The van der Waals surface area contributed by atoms with Gasteiger partial charge in [-0.2, -0.15) is 0 Å². The molecule has 0 amide bonds. The Balaban J connectivity index is 2.26.